The third-order valence-corrected chi connectivity index (χ3v) is 4.13. The first-order chi connectivity index (χ1) is 8.07. The molecule has 0 aromatic carbocycles. The van der Waals surface area contributed by atoms with Crippen LogP contribution in [0.15, 0.2) is 0 Å². The minimum atomic E-state index is -0.712. The highest BCUT2D eigenvalue weighted by Gasteiger charge is 2.34. The van der Waals surface area contributed by atoms with E-state index in [0.717, 1.165) is 12.8 Å². The number of rotatable bonds is 5. The summed E-state index contributed by atoms with van der Waals surface area (Å²) in [6.07, 6.45) is 5.24. The molecule has 3 atom stereocenters. The number of hydrogen-bond donors (Lipinski definition) is 2. The summed E-state index contributed by atoms with van der Waals surface area (Å²) in [4.78, 5) is 12.2. The summed E-state index contributed by atoms with van der Waals surface area (Å²) in [5, 5.41) is 3.12. The molecule has 1 aliphatic rings. The van der Waals surface area contributed by atoms with Crippen molar-refractivity contribution in [2.45, 2.75) is 57.6 Å². The fraction of sp³-hybridized carbons (Fsp3) is 0.923. The van der Waals surface area contributed by atoms with Crippen molar-refractivity contribution in [1.82, 2.24) is 5.32 Å². The van der Waals surface area contributed by atoms with E-state index in [2.05, 4.69) is 5.32 Å². The predicted molar refractivity (Wildman–Crippen MR) is 68.6 cm³/mol. The molecule has 1 fully saturated rings. The molecule has 0 aromatic heterocycles. The number of ether oxygens (including phenoxy) is 1. The van der Waals surface area contributed by atoms with Gasteiger partial charge in [0.15, 0.2) is 0 Å². The number of carbonyl (C=O) groups is 1. The lowest BCUT2D eigenvalue weighted by Crippen LogP contribution is -2.53. The van der Waals surface area contributed by atoms with Gasteiger partial charge in [-0.2, -0.15) is 0 Å². The Balaban J connectivity index is 2.60. The van der Waals surface area contributed by atoms with Gasteiger partial charge in [-0.1, -0.05) is 19.8 Å². The van der Waals surface area contributed by atoms with E-state index in [4.69, 9.17) is 10.5 Å². The zero-order chi connectivity index (χ0) is 12.9. The van der Waals surface area contributed by atoms with Gasteiger partial charge in [-0.05, 0) is 38.6 Å². The lowest BCUT2D eigenvalue weighted by atomic mass is 9.84. The molecule has 1 aliphatic carbocycles. The monoisotopic (exact) mass is 242 g/mol. The van der Waals surface area contributed by atoms with Gasteiger partial charge in [0.2, 0.25) is 0 Å². The third-order valence-electron chi connectivity index (χ3n) is 4.13. The van der Waals surface area contributed by atoms with Crippen molar-refractivity contribution in [3.05, 3.63) is 0 Å². The minimum absolute atomic E-state index is 0.00662. The smallest absolute Gasteiger partial charge is 0.252 e. The number of hydrogen-bond acceptors (Lipinski definition) is 3. The standard InChI is InChI=1S/C13H26N2O2/c1-4-13(2,17-3)12(16)15-11-8-6-5-7-10(11)9-14/h10-11H,4-9,14H2,1-3H3,(H,15,16). The summed E-state index contributed by atoms with van der Waals surface area (Å²) in [5.41, 5.74) is 5.05. The van der Waals surface area contributed by atoms with Gasteiger partial charge in [-0.15, -0.1) is 0 Å². The highest BCUT2D eigenvalue weighted by atomic mass is 16.5. The fourth-order valence-electron chi connectivity index (χ4n) is 2.40. The van der Waals surface area contributed by atoms with Crippen LogP contribution in [0.1, 0.15) is 46.0 Å². The van der Waals surface area contributed by atoms with E-state index in [1.807, 2.05) is 13.8 Å². The van der Waals surface area contributed by atoms with E-state index in [-0.39, 0.29) is 11.9 Å². The van der Waals surface area contributed by atoms with Crippen molar-refractivity contribution < 1.29 is 9.53 Å². The Morgan fingerprint density at radius 3 is 2.65 bits per heavy atom. The van der Waals surface area contributed by atoms with Crippen LogP contribution in [0.4, 0.5) is 0 Å². The van der Waals surface area contributed by atoms with E-state index in [9.17, 15) is 4.79 Å². The van der Waals surface area contributed by atoms with Gasteiger partial charge in [-0.25, -0.2) is 0 Å². The van der Waals surface area contributed by atoms with Crippen molar-refractivity contribution in [2.75, 3.05) is 13.7 Å². The van der Waals surface area contributed by atoms with Crippen LogP contribution in [-0.4, -0.2) is 31.2 Å². The van der Waals surface area contributed by atoms with Crippen molar-refractivity contribution in [3.63, 3.8) is 0 Å². The summed E-state index contributed by atoms with van der Waals surface area (Å²) in [7, 11) is 1.59. The Kier molecular flexibility index (Phi) is 5.40. The summed E-state index contributed by atoms with van der Waals surface area (Å²) in [6.45, 7) is 4.45. The van der Waals surface area contributed by atoms with Gasteiger partial charge in [0, 0.05) is 13.2 Å². The van der Waals surface area contributed by atoms with Gasteiger partial charge in [0.1, 0.15) is 5.60 Å². The van der Waals surface area contributed by atoms with Crippen LogP contribution in [0.3, 0.4) is 0 Å². The molecule has 3 unspecified atom stereocenters. The molecule has 0 bridgehead atoms. The van der Waals surface area contributed by atoms with E-state index in [0.29, 0.717) is 18.9 Å². The van der Waals surface area contributed by atoms with Gasteiger partial charge >= 0.3 is 0 Å². The Labute approximate surface area is 104 Å². The maximum absolute atomic E-state index is 12.2. The maximum atomic E-state index is 12.2. The molecule has 4 nitrogen and oxygen atoms in total. The van der Waals surface area contributed by atoms with Crippen LogP contribution in [0.5, 0.6) is 0 Å². The summed E-state index contributed by atoms with van der Waals surface area (Å²) in [5.74, 6) is 0.415. The first-order valence-corrected chi connectivity index (χ1v) is 6.63. The molecule has 0 aliphatic heterocycles. The van der Waals surface area contributed by atoms with Crippen LogP contribution in [-0.2, 0) is 9.53 Å². The van der Waals surface area contributed by atoms with Crippen LogP contribution in [0, 0.1) is 5.92 Å². The van der Waals surface area contributed by atoms with Crippen LogP contribution in [0.25, 0.3) is 0 Å². The molecule has 1 rings (SSSR count). The highest BCUT2D eigenvalue weighted by molar-refractivity contribution is 5.85. The van der Waals surface area contributed by atoms with Gasteiger partial charge in [0.05, 0.1) is 0 Å². The first-order valence-electron chi connectivity index (χ1n) is 6.63. The fourth-order valence-corrected chi connectivity index (χ4v) is 2.40. The predicted octanol–water partition coefficient (Wildman–Crippen LogP) is 1.44. The molecule has 0 aromatic rings. The zero-order valence-electron chi connectivity index (χ0n) is 11.3. The molecule has 1 amide bonds. The zero-order valence-corrected chi connectivity index (χ0v) is 11.3. The second-order valence-electron chi connectivity index (χ2n) is 5.15. The molecular weight excluding hydrogens is 216 g/mol. The molecule has 0 saturated heterocycles. The number of nitrogens with two attached hydrogens (primary N) is 1. The Bertz CT molecular complexity index is 252. The van der Waals surface area contributed by atoms with Crippen LogP contribution < -0.4 is 11.1 Å². The largest absolute Gasteiger partial charge is 0.369 e. The molecule has 0 radical (unpaired) electrons. The van der Waals surface area contributed by atoms with Gasteiger partial charge < -0.3 is 15.8 Å². The average molecular weight is 242 g/mol. The minimum Gasteiger partial charge on any atom is -0.369 e. The van der Waals surface area contributed by atoms with E-state index < -0.39 is 5.60 Å². The molecule has 0 spiro atoms. The number of carbonyl (C=O) groups excluding carboxylic acids is 1. The Morgan fingerprint density at radius 1 is 1.47 bits per heavy atom. The van der Waals surface area contributed by atoms with E-state index >= 15 is 0 Å². The van der Waals surface area contributed by atoms with E-state index in [1.54, 1.807) is 7.11 Å². The highest BCUT2D eigenvalue weighted by Crippen LogP contribution is 2.24. The molecule has 3 N–H and O–H groups in total. The molecule has 1 saturated carbocycles. The second kappa shape index (κ2) is 6.36. The quantitative estimate of drug-likeness (QED) is 0.766. The molecule has 17 heavy (non-hydrogen) atoms. The van der Waals surface area contributed by atoms with Crippen LogP contribution in [0.2, 0.25) is 0 Å². The lowest BCUT2D eigenvalue weighted by molar-refractivity contribution is -0.143. The summed E-state index contributed by atoms with van der Waals surface area (Å²) < 4.78 is 5.32. The number of methoxy groups -OCH3 is 1. The first kappa shape index (κ1) is 14.5. The molecule has 0 heterocycles. The van der Waals surface area contributed by atoms with Gasteiger partial charge in [-0.3, -0.25) is 4.79 Å². The van der Waals surface area contributed by atoms with Crippen molar-refractivity contribution in [3.8, 4) is 0 Å². The normalized spacial score (nSPS) is 28.5. The molecule has 100 valence electrons. The van der Waals surface area contributed by atoms with Crippen molar-refractivity contribution in [2.24, 2.45) is 11.7 Å². The van der Waals surface area contributed by atoms with Crippen LogP contribution >= 0.6 is 0 Å². The topological polar surface area (TPSA) is 64.3 Å². The molecule has 4 heteroatoms. The average Bonchev–Trinajstić information content (AvgIpc) is 2.38. The van der Waals surface area contributed by atoms with Crippen molar-refractivity contribution in [1.29, 1.82) is 0 Å². The number of amides is 1. The lowest BCUT2D eigenvalue weighted by Gasteiger charge is -2.34. The SMILES string of the molecule is CCC(C)(OC)C(=O)NC1CCCCC1CN. The number of nitrogens with one attached hydrogen (secondary N) is 1. The Hall–Kier alpha value is -0.610. The molecular formula is C13H26N2O2. The van der Waals surface area contributed by atoms with Gasteiger partial charge in [0.25, 0.3) is 5.91 Å². The Morgan fingerprint density at radius 2 is 2.12 bits per heavy atom. The van der Waals surface area contributed by atoms with E-state index in [1.165, 1.54) is 12.8 Å². The second-order valence-corrected chi connectivity index (χ2v) is 5.15. The third kappa shape index (κ3) is 3.42. The maximum Gasteiger partial charge on any atom is 0.252 e. The summed E-state index contributed by atoms with van der Waals surface area (Å²) in [6, 6.07) is 0.224. The summed E-state index contributed by atoms with van der Waals surface area (Å²) >= 11 is 0. The van der Waals surface area contributed by atoms with Crippen molar-refractivity contribution >= 4 is 5.91 Å².